The Morgan fingerprint density at radius 3 is 2.67 bits per heavy atom. The minimum atomic E-state index is -0.602. The molecule has 0 bridgehead atoms. The zero-order valence-electron chi connectivity index (χ0n) is 10.3. The number of para-hydroxylation sites is 2. The molecule has 6 nitrogen and oxygen atoms in total. The molecular formula is C12H16N2O4. The van der Waals surface area contributed by atoms with Gasteiger partial charge in [-0.25, -0.2) is 0 Å². The van der Waals surface area contributed by atoms with Crippen molar-refractivity contribution in [2.45, 2.75) is 20.1 Å². The number of nitrogens with one attached hydrogen (secondary N) is 2. The quantitative estimate of drug-likeness (QED) is 0.665. The number of ether oxygens (including phenoxy) is 1. The molecule has 0 fully saturated rings. The molecule has 0 saturated heterocycles. The first-order valence-electron chi connectivity index (χ1n) is 5.46. The summed E-state index contributed by atoms with van der Waals surface area (Å²) >= 11 is 0. The Kier molecular flexibility index (Phi) is 5.13. The first-order valence-corrected chi connectivity index (χ1v) is 5.46. The highest BCUT2D eigenvalue weighted by Crippen LogP contribution is 2.24. The number of hydrogen-bond donors (Lipinski definition) is 3. The van der Waals surface area contributed by atoms with E-state index in [1.54, 1.807) is 31.2 Å². The maximum Gasteiger partial charge on any atom is 0.250 e. The third-order valence-electron chi connectivity index (χ3n) is 2.02. The Bertz CT molecular complexity index is 434. The lowest BCUT2D eigenvalue weighted by molar-refractivity contribution is -0.121. The number of hydrogen-bond acceptors (Lipinski definition) is 4. The number of rotatable bonds is 5. The first kappa shape index (κ1) is 14.0. The van der Waals surface area contributed by atoms with E-state index in [2.05, 4.69) is 10.6 Å². The summed E-state index contributed by atoms with van der Waals surface area (Å²) < 4.78 is 5.47. The van der Waals surface area contributed by atoms with Gasteiger partial charge in [-0.3, -0.25) is 9.59 Å². The molecule has 1 aromatic rings. The molecule has 6 heteroatoms. The third-order valence-corrected chi connectivity index (χ3v) is 2.02. The molecule has 0 aliphatic carbocycles. The summed E-state index contributed by atoms with van der Waals surface area (Å²) in [6, 6.07) is 6.77. The van der Waals surface area contributed by atoms with Crippen LogP contribution in [0, 0.1) is 0 Å². The van der Waals surface area contributed by atoms with E-state index in [4.69, 9.17) is 9.84 Å². The van der Waals surface area contributed by atoms with Crippen LogP contribution in [0.15, 0.2) is 24.3 Å². The highest BCUT2D eigenvalue weighted by molar-refractivity contribution is 5.92. The van der Waals surface area contributed by atoms with E-state index in [9.17, 15) is 9.59 Å². The number of amides is 2. The number of carbonyl (C=O) groups is 2. The fourth-order valence-electron chi connectivity index (χ4n) is 1.37. The molecule has 0 spiro atoms. The molecule has 0 radical (unpaired) electrons. The Balaban J connectivity index is 2.75. The van der Waals surface area contributed by atoms with Gasteiger partial charge in [-0.15, -0.1) is 0 Å². The monoisotopic (exact) mass is 252 g/mol. The molecule has 0 aromatic heterocycles. The van der Waals surface area contributed by atoms with Gasteiger partial charge in [0.2, 0.25) is 11.8 Å². The molecule has 1 rings (SSSR count). The number of carbonyl (C=O) groups excluding carboxylic acids is 2. The second-order valence-corrected chi connectivity index (χ2v) is 3.66. The van der Waals surface area contributed by atoms with Gasteiger partial charge >= 0.3 is 0 Å². The summed E-state index contributed by atoms with van der Waals surface area (Å²) in [6.45, 7) is 2.46. The van der Waals surface area contributed by atoms with Crippen LogP contribution in [0.2, 0.25) is 0 Å². The van der Waals surface area contributed by atoms with Crippen LogP contribution in [-0.2, 0) is 9.59 Å². The minimum absolute atomic E-state index is 0.209. The van der Waals surface area contributed by atoms with Crippen LogP contribution in [0.5, 0.6) is 5.75 Å². The van der Waals surface area contributed by atoms with Crippen LogP contribution >= 0.6 is 0 Å². The van der Waals surface area contributed by atoms with Crippen molar-refractivity contribution in [3.8, 4) is 5.75 Å². The predicted octanol–water partition coefficient (Wildman–Crippen LogP) is 0.478. The van der Waals surface area contributed by atoms with Crippen LogP contribution in [-0.4, -0.2) is 29.8 Å². The van der Waals surface area contributed by atoms with Crippen LogP contribution in [0.1, 0.15) is 13.8 Å². The van der Waals surface area contributed by atoms with Crippen LogP contribution in [0.3, 0.4) is 0 Å². The van der Waals surface area contributed by atoms with Crippen molar-refractivity contribution in [2.75, 3.05) is 11.9 Å². The zero-order valence-corrected chi connectivity index (χ0v) is 10.3. The smallest absolute Gasteiger partial charge is 0.250 e. The molecule has 1 aromatic carbocycles. The molecule has 0 aliphatic rings. The van der Waals surface area contributed by atoms with E-state index >= 15 is 0 Å². The lowest BCUT2D eigenvalue weighted by Gasteiger charge is -2.17. The maximum atomic E-state index is 11.1. The Morgan fingerprint density at radius 1 is 1.39 bits per heavy atom. The fraction of sp³-hybridized carbons (Fsp3) is 0.333. The zero-order chi connectivity index (χ0) is 13.5. The summed E-state index contributed by atoms with van der Waals surface area (Å²) in [5, 5.41) is 13.7. The molecule has 98 valence electrons. The molecule has 3 N–H and O–H groups in total. The number of aliphatic hydroxyl groups excluding tert-OH is 1. The number of aliphatic hydroxyl groups is 1. The molecular weight excluding hydrogens is 236 g/mol. The van der Waals surface area contributed by atoms with E-state index in [-0.39, 0.29) is 5.91 Å². The summed E-state index contributed by atoms with van der Waals surface area (Å²) in [4.78, 5) is 22.0. The van der Waals surface area contributed by atoms with E-state index in [0.717, 1.165) is 0 Å². The summed E-state index contributed by atoms with van der Waals surface area (Å²) in [5.41, 5.74) is 0.439. The second kappa shape index (κ2) is 6.61. The van der Waals surface area contributed by atoms with Crippen molar-refractivity contribution in [3.05, 3.63) is 24.3 Å². The van der Waals surface area contributed by atoms with Crippen molar-refractivity contribution in [3.63, 3.8) is 0 Å². The summed E-state index contributed by atoms with van der Waals surface area (Å²) in [7, 11) is 0. The van der Waals surface area contributed by atoms with E-state index in [0.29, 0.717) is 11.4 Å². The number of anilines is 1. The highest BCUT2D eigenvalue weighted by Gasteiger charge is 2.10. The normalized spacial score (nSPS) is 11.5. The van der Waals surface area contributed by atoms with Crippen molar-refractivity contribution in [1.29, 1.82) is 0 Å². The molecule has 0 aliphatic heterocycles. The summed E-state index contributed by atoms with van der Waals surface area (Å²) in [5.74, 6) is -0.321. The molecule has 0 heterocycles. The van der Waals surface area contributed by atoms with Crippen LogP contribution < -0.4 is 15.4 Å². The molecule has 1 atom stereocenters. The summed E-state index contributed by atoms with van der Waals surface area (Å²) in [6.07, 6.45) is -0.519. The van der Waals surface area contributed by atoms with Gasteiger partial charge in [-0.1, -0.05) is 12.1 Å². The molecule has 2 amide bonds. The molecule has 0 saturated carbocycles. The standard InChI is InChI=1S/C12H16N2O4/c1-8(16)13-9(2)18-11-6-4-3-5-10(11)14-12(17)7-15/h3-6,9,15H,7H2,1-2H3,(H,13,16)(H,14,17). The van der Waals surface area contributed by atoms with E-state index in [1.165, 1.54) is 6.92 Å². The lowest BCUT2D eigenvalue weighted by Crippen LogP contribution is -2.35. The lowest BCUT2D eigenvalue weighted by atomic mass is 10.3. The fourth-order valence-corrected chi connectivity index (χ4v) is 1.37. The average molecular weight is 252 g/mol. The molecule has 18 heavy (non-hydrogen) atoms. The highest BCUT2D eigenvalue weighted by atomic mass is 16.5. The third kappa shape index (κ3) is 4.42. The molecule has 1 unspecified atom stereocenters. The Morgan fingerprint density at radius 2 is 2.06 bits per heavy atom. The van der Waals surface area contributed by atoms with Crippen molar-refractivity contribution in [1.82, 2.24) is 5.32 Å². The second-order valence-electron chi connectivity index (χ2n) is 3.66. The topological polar surface area (TPSA) is 87.7 Å². The Hall–Kier alpha value is -2.08. The van der Waals surface area contributed by atoms with Gasteiger partial charge in [0.15, 0.2) is 6.23 Å². The van der Waals surface area contributed by atoms with Gasteiger partial charge < -0.3 is 20.5 Å². The van der Waals surface area contributed by atoms with Crippen molar-refractivity contribution in [2.24, 2.45) is 0 Å². The SMILES string of the molecule is CC(=O)NC(C)Oc1ccccc1NC(=O)CO. The van der Waals surface area contributed by atoms with E-state index < -0.39 is 18.7 Å². The minimum Gasteiger partial charge on any atom is -0.469 e. The van der Waals surface area contributed by atoms with Crippen molar-refractivity contribution >= 4 is 17.5 Å². The van der Waals surface area contributed by atoms with Gasteiger partial charge in [-0.05, 0) is 19.1 Å². The predicted molar refractivity (Wildman–Crippen MR) is 66.1 cm³/mol. The number of benzene rings is 1. The largest absolute Gasteiger partial charge is 0.469 e. The van der Waals surface area contributed by atoms with Gasteiger partial charge in [0.1, 0.15) is 12.4 Å². The van der Waals surface area contributed by atoms with Crippen LogP contribution in [0.25, 0.3) is 0 Å². The van der Waals surface area contributed by atoms with Gasteiger partial charge in [0, 0.05) is 6.92 Å². The van der Waals surface area contributed by atoms with E-state index in [1.807, 2.05) is 0 Å². The van der Waals surface area contributed by atoms with Crippen molar-refractivity contribution < 1.29 is 19.4 Å². The Labute approximate surface area is 105 Å². The van der Waals surface area contributed by atoms with Crippen LogP contribution in [0.4, 0.5) is 5.69 Å². The maximum absolute atomic E-state index is 11.1. The average Bonchev–Trinajstić information content (AvgIpc) is 2.30. The first-order chi connectivity index (χ1) is 8.52. The van der Waals surface area contributed by atoms with Gasteiger partial charge in [-0.2, -0.15) is 0 Å². The van der Waals surface area contributed by atoms with Gasteiger partial charge in [0.05, 0.1) is 5.69 Å². The van der Waals surface area contributed by atoms with Gasteiger partial charge in [0.25, 0.3) is 0 Å².